The third kappa shape index (κ3) is 4.05. The second-order valence-corrected chi connectivity index (χ2v) is 7.29. The van der Waals surface area contributed by atoms with E-state index in [2.05, 4.69) is 4.98 Å². The number of aliphatic hydroxyl groups excluding tert-OH is 1. The number of rotatable bonds is 7. The van der Waals surface area contributed by atoms with Crippen LogP contribution in [0.1, 0.15) is 67.8 Å². The number of carbonyl (C=O) groups is 2. The number of aryl methyl sites for hydroxylation is 2. The lowest BCUT2D eigenvalue weighted by molar-refractivity contribution is 0.0468. The molecule has 3 rings (SSSR count). The van der Waals surface area contributed by atoms with Crippen LogP contribution in [0.3, 0.4) is 0 Å². The molecule has 2 N–H and O–H groups in total. The van der Waals surface area contributed by atoms with E-state index in [0.29, 0.717) is 28.9 Å². The van der Waals surface area contributed by atoms with E-state index < -0.39 is 12.1 Å². The van der Waals surface area contributed by atoms with Gasteiger partial charge >= 0.3 is 5.97 Å². The summed E-state index contributed by atoms with van der Waals surface area (Å²) in [6.07, 6.45) is 0.913. The molecule has 3 aromatic heterocycles. The van der Waals surface area contributed by atoms with Crippen molar-refractivity contribution < 1.29 is 23.8 Å². The number of aliphatic hydroxyl groups is 1. The normalized spacial score (nSPS) is 12.2. The van der Waals surface area contributed by atoms with Crippen molar-refractivity contribution in [2.75, 3.05) is 6.61 Å². The second kappa shape index (κ2) is 8.13. The van der Waals surface area contributed by atoms with Gasteiger partial charge in [-0.3, -0.25) is 4.79 Å². The van der Waals surface area contributed by atoms with E-state index in [1.165, 1.54) is 0 Å². The zero-order chi connectivity index (χ0) is 21.3. The summed E-state index contributed by atoms with van der Waals surface area (Å²) in [5, 5.41) is 9.86. The maximum Gasteiger partial charge on any atom is 0.355 e. The number of aromatic amines is 1. The SMILES string of the molecule is Cc1[nH]c(C(=O)OCC(=O)c2cc(C)n(Cc3ccco3)c2C)c(C)c1[C@@H](C)O. The fraction of sp³-hybridized carbons (Fsp3) is 0.364. The molecule has 0 aromatic carbocycles. The predicted molar refractivity (Wildman–Crippen MR) is 107 cm³/mol. The molecule has 0 aliphatic heterocycles. The first kappa shape index (κ1) is 20.7. The zero-order valence-corrected chi connectivity index (χ0v) is 17.3. The molecule has 0 saturated heterocycles. The van der Waals surface area contributed by atoms with Gasteiger partial charge in [0.05, 0.1) is 18.9 Å². The highest BCUT2D eigenvalue weighted by molar-refractivity contribution is 6.00. The van der Waals surface area contributed by atoms with E-state index >= 15 is 0 Å². The summed E-state index contributed by atoms with van der Waals surface area (Å²) in [7, 11) is 0. The van der Waals surface area contributed by atoms with Crippen LogP contribution in [0.15, 0.2) is 28.9 Å². The number of carbonyl (C=O) groups excluding carboxylic acids is 2. The third-order valence-corrected chi connectivity index (χ3v) is 5.22. The number of H-pyrrole nitrogens is 1. The second-order valence-electron chi connectivity index (χ2n) is 7.29. The Morgan fingerprint density at radius 2 is 2.00 bits per heavy atom. The van der Waals surface area contributed by atoms with Crippen LogP contribution in [0.5, 0.6) is 0 Å². The van der Waals surface area contributed by atoms with Crippen molar-refractivity contribution >= 4 is 11.8 Å². The Morgan fingerprint density at radius 1 is 1.28 bits per heavy atom. The van der Waals surface area contributed by atoms with Crippen LogP contribution < -0.4 is 0 Å². The van der Waals surface area contributed by atoms with Crippen molar-refractivity contribution in [1.29, 1.82) is 0 Å². The van der Waals surface area contributed by atoms with Gasteiger partial charge in [-0.15, -0.1) is 0 Å². The lowest BCUT2D eigenvalue weighted by Crippen LogP contribution is -2.16. The highest BCUT2D eigenvalue weighted by atomic mass is 16.5. The van der Waals surface area contributed by atoms with Gasteiger partial charge in [-0.2, -0.15) is 0 Å². The number of hydrogen-bond acceptors (Lipinski definition) is 5. The molecule has 1 atom stereocenters. The number of ketones is 1. The number of aromatic nitrogens is 2. The molecule has 3 heterocycles. The Balaban J connectivity index is 1.71. The first-order valence-corrected chi connectivity index (χ1v) is 9.47. The number of nitrogens with one attached hydrogen (secondary N) is 1. The van der Waals surface area contributed by atoms with Crippen molar-refractivity contribution in [1.82, 2.24) is 9.55 Å². The molecule has 154 valence electrons. The molecule has 7 nitrogen and oxygen atoms in total. The smallest absolute Gasteiger partial charge is 0.355 e. The molecule has 0 fully saturated rings. The molecule has 0 aliphatic carbocycles. The predicted octanol–water partition coefficient (Wildman–Crippen LogP) is 3.78. The highest BCUT2D eigenvalue weighted by Gasteiger charge is 2.23. The summed E-state index contributed by atoms with van der Waals surface area (Å²) >= 11 is 0. The topological polar surface area (TPSA) is 97.5 Å². The van der Waals surface area contributed by atoms with Crippen LogP contribution in [-0.2, 0) is 11.3 Å². The fourth-order valence-electron chi connectivity index (χ4n) is 3.76. The van der Waals surface area contributed by atoms with Gasteiger partial charge in [-0.05, 0) is 58.4 Å². The molecule has 0 saturated carbocycles. The van der Waals surface area contributed by atoms with Gasteiger partial charge in [0.25, 0.3) is 0 Å². The Morgan fingerprint density at radius 3 is 2.59 bits per heavy atom. The maximum atomic E-state index is 12.7. The number of esters is 1. The van der Waals surface area contributed by atoms with Crippen molar-refractivity contribution in [3.8, 4) is 0 Å². The van der Waals surface area contributed by atoms with Gasteiger partial charge < -0.3 is 23.8 Å². The van der Waals surface area contributed by atoms with E-state index in [1.54, 1.807) is 33.1 Å². The van der Waals surface area contributed by atoms with Crippen LogP contribution in [0.4, 0.5) is 0 Å². The van der Waals surface area contributed by atoms with E-state index in [4.69, 9.17) is 9.15 Å². The molecule has 0 unspecified atom stereocenters. The largest absolute Gasteiger partial charge is 0.467 e. The minimum Gasteiger partial charge on any atom is -0.467 e. The number of hydrogen-bond donors (Lipinski definition) is 2. The van der Waals surface area contributed by atoms with Gasteiger partial charge in [-0.25, -0.2) is 4.79 Å². The summed E-state index contributed by atoms with van der Waals surface area (Å²) in [5.41, 5.74) is 4.50. The first-order valence-electron chi connectivity index (χ1n) is 9.47. The monoisotopic (exact) mass is 398 g/mol. The van der Waals surface area contributed by atoms with Gasteiger partial charge in [0, 0.05) is 28.2 Å². The Kier molecular flexibility index (Phi) is 5.79. The molecule has 0 amide bonds. The van der Waals surface area contributed by atoms with Crippen LogP contribution >= 0.6 is 0 Å². The minimum atomic E-state index is -0.700. The molecule has 29 heavy (non-hydrogen) atoms. The van der Waals surface area contributed by atoms with E-state index in [1.807, 2.05) is 30.5 Å². The quantitative estimate of drug-likeness (QED) is 0.466. The molecular formula is C22H26N2O5. The van der Waals surface area contributed by atoms with Gasteiger partial charge in [-0.1, -0.05) is 0 Å². The van der Waals surface area contributed by atoms with Crippen LogP contribution in [0.25, 0.3) is 0 Å². The summed E-state index contributed by atoms with van der Waals surface area (Å²) in [6, 6.07) is 5.50. The van der Waals surface area contributed by atoms with Gasteiger partial charge in [0.1, 0.15) is 11.5 Å². The Hall–Kier alpha value is -3.06. The summed E-state index contributed by atoms with van der Waals surface area (Å²) in [5.74, 6) is -0.0900. The van der Waals surface area contributed by atoms with Crippen molar-refractivity contribution in [2.45, 2.75) is 47.3 Å². The lowest BCUT2D eigenvalue weighted by Gasteiger charge is -2.08. The first-order chi connectivity index (χ1) is 13.7. The number of nitrogens with zero attached hydrogens (tertiary/aromatic N) is 1. The summed E-state index contributed by atoms with van der Waals surface area (Å²) < 4.78 is 12.6. The highest BCUT2D eigenvalue weighted by Crippen LogP contribution is 2.25. The molecular weight excluding hydrogens is 372 g/mol. The van der Waals surface area contributed by atoms with Crippen LogP contribution in [-0.4, -0.2) is 33.0 Å². The molecule has 3 aromatic rings. The average Bonchev–Trinajstić information content (AvgIpc) is 3.34. The average molecular weight is 398 g/mol. The van der Waals surface area contributed by atoms with Crippen LogP contribution in [0, 0.1) is 27.7 Å². The molecule has 7 heteroatoms. The van der Waals surface area contributed by atoms with E-state index in [-0.39, 0.29) is 18.1 Å². The zero-order valence-electron chi connectivity index (χ0n) is 17.3. The fourth-order valence-corrected chi connectivity index (χ4v) is 3.76. The van der Waals surface area contributed by atoms with Crippen molar-refractivity contribution in [3.63, 3.8) is 0 Å². The van der Waals surface area contributed by atoms with Crippen molar-refractivity contribution in [2.24, 2.45) is 0 Å². The summed E-state index contributed by atoms with van der Waals surface area (Å²) in [4.78, 5) is 28.1. The lowest BCUT2D eigenvalue weighted by atomic mass is 10.1. The summed E-state index contributed by atoms with van der Waals surface area (Å²) in [6.45, 7) is 9.11. The van der Waals surface area contributed by atoms with Gasteiger partial charge in [0.2, 0.25) is 5.78 Å². The minimum absolute atomic E-state index is 0.259. The van der Waals surface area contributed by atoms with E-state index in [9.17, 15) is 14.7 Å². The van der Waals surface area contributed by atoms with Gasteiger partial charge in [0.15, 0.2) is 6.61 Å². The van der Waals surface area contributed by atoms with Crippen molar-refractivity contribution in [3.05, 3.63) is 69.7 Å². The number of Topliss-reactive ketones (excluding diaryl/α,β-unsaturated/α-hetero) is 1. The third-order valence-electron chi connectivity index (χ3n) is 5.22. The van der Waals surface area contributed by atoms with E-state index in [0.717, 1.165) is 17.1 Å². The maximum absolute atomic E-state index is 12.7. The number of ether oxygens (including phenoxy) is 1. The molecule has 0 aliphatic rings. The van der Waals surface area contributed by atoms with Crippen LogP contribution in [0.2, 0.25) is 0 Å². The number of furan rings is 1. The molecule has 0 bridgehead atoms. The Bertz CT molecular complexity index is 1040. The molecule has 0 radical (unpaired) electrons. The molecule has 0 spiro atoms. The Labute approximate surface area is 169 Å². The standard InChI is InChI=1S/C22H26N2O5/c1-12-9-18(15(4)24(12)10-17-7-6-8-28-17)19(26)11-29-22(27)21-13(2)20(16(5)25)14(3)23-21/h6-9,16,23,25H,10-11H2,1-5H3/t16-/m1/s1.